The van der Waals surface area contributed by atoms with Crippen LogP contribution < -0.4 is 10.5 Å². The maximum atomic E-state index is 6.04. The van der Waals surface area contributed by atoms with Gasteiger partial charge in [-0.3, -0.25) is 0 Å². The second kappa shape index (κ2) is 6.80. The van der Waals surface area contributed by atoms with Gasteiger partial charge in [0.25, 0.3) is 0 Å². The van der Waals surface area contributed by atoms with E-state index in [0.717, 1.165) is 22.8 Å². The molecule has 0 amide bonds. The lowest BCUT2D eigenvalue weighted by Gasteiger charge is -2.13. The number of hydrogen-bond acceptors (Lipinski definition) is 2. The van der Waals surface area contributed by atoms with E-state index in [-0.39, 0.29) is 6.04 Å². The first-order valence-corrected chi connectivity index (χ1v) is 6.77. The van der Waals surface area contributed by atoms with Crippen LogP contribution >= 0.6 is 23.2 Å². The molecule has 0 aliphatic carbocycles. The fourth-order valence-corrected chi connectivity index (χ4v) is 2.05. The molecule has 1 atom stereocenters. The van der Waals surface area contributed by atoms with E-state index in [4.69, 9.17) is 33.7 Å². The molecule has 2 nitrogen and oxygen atoms in total. The summed E-state index contributed by atoms with van der Waals surface area (Å²) < 4.78 is 5.61. The average Bonchev–Trinajstić information content (AvgIpc) is 2.39. The second-order valence-electron chi connectivity index (χ2n) is 4.36. The van der Waals surface area contributed by atoms with Gasteiger partial charge in [0, 0.05) is 16.1 Å². The molecule has 19 heavy (non-hydrogen) atoms. The van der Waals surface area contributed by atoms with E-state index in [1.807, 2.05) is 42.5 Å². The SMILES string of the molecule is NC(COc1cccc(Cl)c1)Cc1ccc(Cl)cc1. The van der Waals surface area contributed by atoms with Crippen LogP contribution in [0.1, 0.15) is 5.56 Å². The Morgan fingerprint density at radius 3 is 2.42 bits per heavy atom. The van der Waals surface area contributed by atoms with Gasteiger partial charge in [0.1, 0.15) is 12.4 Å². The molecule has 100 valence electrons. The normalized spacial score (nSPS) is 12.2. The Morgan fingerprint density at radius 2 is 1.74 bits per heavy atom. The molecule has 2 N–H and O–H groups in total. The molecule has 0 heterocycles. The zero-order valence-electron chi connectivity index (χ0n) is 10.4. The summed E-state index contributed by atoms with van der Waals surface area (Å²) in [6, 6.07) is 14.9. The smallest absolute Gasteiger partial charge is 0.120 e. The highest BCUT2D eigenvalue weighted by molar-refractivity contribution is 6.30. The summed E-state index contributed by atoms with van der Waals surface area (Å²) in [6.07, 6.45) is 0.748. The van der Waals surface area contributed by atoms with E-state index in [2.05, 4.69) is 0 Å². The summed E-state index contributed by atoms with van der Waals surface area (Å²) in [5.74, 6) is 0.735. The van der Waals surface area contributed by atoms with Crippen molar-refractivity contribution in [3.63, 3.8) is 0 Å². The molecule has 2 aromatic carbocycles. The lowest BCUT2D eigenvalue weighted by Crippen LogP contribution is -2.30. The number of ether oxygens (including phenoxy) is 1. The standard InChI is InChI=1S/C15H15Cl2NO/c16-12-6-4-11(5-7-12)8-14(18)10-19-15-3-1-2-13(17)9-15/h1-7,9,14H,8,10,18H2. The minimum atomic E-state index is -0.0693. The third kappa shape index (κ3) is 4.75. The molecule has 2 aromatic rings. The first-order valence-electron chi connectivity index (χ1n) is 6.02. The monoisotopic (exact) mass is 295 g/mol. The lowest BCUT2D eigenvalue weighted by molar-refractivity contribution is 0.287. The molecule has 0 spiro atoms. The lowest BCUT2D eigenvalue weighted by atomic mass is 10.1. The highest BCUT2D eigenvalue weighted by Crippen LogP contribution is 2.17. The summed E-state index contributed by atoms with van der Waals surface area (Å²) >= 11 is 11.7. The maximum Gasteiger partial charge on any atom is 0.120 e. The van der Waals surface area contributed by atoms with Crippen molar-refractivity contribution >= 4 is 23.2 Å². The molecule has 0 aliphatic rings. The molecule has 2 rings (SSSR count). The van der Waals surface area contributed by atoms with Gasteiger partial charge in [-0.15, -0.1) is 0 Å². The quantitative estimate of drug-likeness (QED) is 0.907. The van der Waals surface area contributed by atoms with E-state index < -0.39 is 0 Å². The fourth-order valence-electron chi connectivity index (χ4n) is 1.74. The fraction of sp³-hybridized carbons (Fsp3) is 0.200. The Bertz CT molecular complexity index is 528. The highest BCUT2D eigenvalue weighted by atomic mass is 35.5. The number of halogens is 2. The van der Waals surface area contributed by atoms with Crippen molar-refractivity contribution in [3.05, 3.63) is 64.1 Å². The van der Waals surface area contributed by atoms with Crippen molar-refractivity contribution in [1.29, 1.82) is 0 Å². The van der Waals surface area contributed by atoms with Crippen molar-refractivity contribution < 1.29 is 4.74 Å². The number of benzene rings is 2. The highest BCUT2D eigenvalue weighted by Gasteiger charge is 2.05. The number of hydrogen-bond donors (Lipinski definition) is 1. The van der Waals surface area contributed by atoms with E-state index in [1.54, 1.807) is 6.07 Å². The summed E-state index contributed by atoms with van der Waals surface area (Å²) in [5, 5.41) is 1.39. The van der Waals surface area contributed by atoms with E-state index in [0.29, 0.717) is 11.6 Å². The maximum absolute atomic E-state index is 6.04. The van der Waals surface area contributed by atoms with Crippen molar-refractivity contribution in [2.24, 2.45) is 5.73 Å². The molecule has 0 aliphatic heterocycles. The first-order chi connectivity index (χ1) is 9.13. The average molecular weight is 296 g/mol. The van der Waals surface area contributed by atoms with Crippen LogP contribution in [0, 0.1) is 0 Å². The molecule has 0 fully saturated rings. The van der Waals surface area contributed by atoms with Gasteiger partial charge in [0.15, 0.2) is 0 Å². The summed E-state index contributed by atoms with van der Waals surface area (Å²) in [6.45, 7) is 0.447. The van der Waals surface area contributed by atoms with Crippen LogP contribution in [0.25, 0.3) is 0 Å². The van der Waals surface area contributed by atoms with Gasteiger partial charge in [-0.25, -0.2) is 0 Å². The summed E-state index contributed by atoms with van der Waals surface area (Å²) in [4.78, 5) is 0. The summed E-state index contributed by atoms with van der Waals surface area (Å²) in [5.41, 5.74) is 7.18. The van der Waals surface area contributed by atoms with Gasteiger partial charge in [-0.1, -0.05) is 41.4 Å². The molecular formula is C15H15Cl2NO. The van der Waals surface area contributed by atoms with E-state index in [9.17, 15) is 0 Å². The molecule has 4 heteroatoms. The van der Waals surface area contributed by atoms with E-state index >= 15 is 0 Å². The van der Waals surface area contributed by atoms with Crippen LogP contribution in [0.5, 0.6) is 5.75 Å². The predicted molar refractivity (Wildman–Crippen MR) is 80.1 cm³/mol. The van der Waals surface area contributed by atoms with Crippen LogP contribution in [0.2, 0.25) is 10.0 Å². The molecule has 0 saturated carbocycles. The topological polar surface area (TPSA) is 35.2 Å². The molecular weight excluding hydrogens is 281 g/mol. The van der Waals surface area contributed by atoms with Crippen LogP contribution in [0.4, 0.5) is 0 Å². The van der Waals surface area contributed by atoms with Crippen molar-refractivity contribution in [3.8, 4) is 5.75 Å². The van der Waals surface area contributed by atoms with Gasteiger partial charge < -0.3 is 10.5 Å². The van der Waals surface area contributed by atoms with Gasteiger partial charge in [-0.05, 0) is 42.3 Å². The predicted octanol–water partition coefficient (Wildman–Crippen LogP) is 3.94. The van der Waals surface area contributed by atoms with Gasteiger partial charge in [0.2, 0.25) is 0 Å². The Morgan fingerprint density at radius 1 is 1.00 bits per heavy atom. The molecule has 0 radical (unpaired) electrons. The van der Waals surface area contributed by atoms with Gasteiger partial charge >= 0.3 is 0 Å². The van der Waals surface area contributed by atoms with Crippen molar-refractivity contribution in [2.45, 2.75) is 12.5 Å². The summed E-state index contributed by atoms with van der Waals surface area (Å²) in [7, 11) is 0. The largest absolute Gasteiger partial charge is 0.492 e. The number of rotatable bonds is 5. The molecule has 1 unspecified atom stereocenters. The third-order valence-electron chi connectivity index (χ3n) is 2.67. The zero-order valence-corrected chi connectivity index (χ0v) is 11.9. The molecule has 0 aromatic heterocycles. The Labute approximate surface area is 123 Å². The van der Waals surface area contributed by atoms with Crippen LogP contribution in [0.15, 0.2) is 48.5 Å². The molecule has 0 saturated heterocycles. The van der Waals surface area contributed by atoms with E-state index in [1.165, 1.54) is 0 Å². The first kappa shape index (κ1) is 14.2. The zero-order chi connectivity index (χ0) is 13.7. The van der Waals surface area contributed by atoms with Crippen molar-refractivity contribution in [1.82, 2.24) is 0 Å². The van der Waals surface area contributed by atoms with Gasteiger partial charge in [-0.2, -0.15) is 0 Å². The number of nitrogens with two attached hydrogens (primary N) is 1. The van der Waals surface area contributed by atoms with Crippen LogP contribution in [0.3, 0.4) is 0 Å². The van der Waals surface area contributed by atoms with Crippen LogP contribution in [-0.2, 0) is 6.42 Å². The Hall–Kier alpha value is -1.22. The van der Waals surface area contributed by atoms with Crippen LogP contribution in [-0.4, -0.2) is 12.6 Å². The van der Waals surface area contributed by atoms with Gasteiger partial charge in [0.05, 0.1) is 0 Å². The third-order valence-corrected chi connectivity index (χ3v) is 3.16. The minimum Gasteiger partial charge on any atom is -0.492 e. The minimum absolute atomic E-state index is 0.0693. The second-order valence-corrected chi connectivity index (χ2v) is 5.23. The van der Waals surface area contributed by atoms with Crippen molar-refractivity contribution in [2.75, 3.05) is 6.61 Å². The Kier molecular flexibility index (Phi) is 5.08. The Balaban J connectivity index is 1.84. The molecule has 0 bridgehead atoms.